The molecule has 2 rings (SSSR count). The van der Waals surface area contributed by atoms with E-state index in [1.165, 1.54) is 10.4 Å². The summed E-state index contributed by atoms with van der Waals surface area (Å²) >= 11 is 0. The lowest BCUT2D eigenvalue weighted by molar-refractivity contribution is 0.192. The van der Waals surface area contributed by atoms with Gasteiger partial charge in [-0.3, -0.25) is 0 Å². The molecule has 114 valence electrons. The Morgan fingerprint density at radius 3 is 2.81 bits per heavy atom. The lowest BCUT2D eigenvalue weighted by atomic mass is 9.93. The molecule has 0 radical (unpaired) electrons. The zero-order valence-corrected chi connectivity index (χ0v) is 13.2. The molecule has 1 aliphatic rings. The first kappa shape index (κ1) is 16.0. The molecule has 1 saturated heterocycles. The molecule has 0 spiro atoms. The molecular weight excluding hydrogens is 286 g/mol. The molecule has 2 atom stereocenters. The van der Waals surface area contributed by atoms with Crippen LogP contribution in [0.25, 0.3) is 0 Å². The van der Waals surface area contributed by atoms with Gasteiger partial charge in [-0.05, 0) is 43.4 Å². The Kier molecular flexibility index (Phi) is 4.67. The second kappa shape index (κ2) is 6.14. The summed E-state index contributed by atoms with van der Waals surface area (Å²) in [5.41, 5.74) is 6.81. The average Bonchev–Trinajstić information content (AvgIpc) is 2.47. The fourth-order valence-electron chi connectivity index (χ4n) is 2.93. The summed E-state index contributed by atoms with van der Waals surface area (Å²) in [4.78, 5) is 0.217. The van der Waals surface area contributed by atoms with Gasteiger partial charge in [-0.1, -0.05) is 13.0 Å². The topological polar surface area (TPSA) is 87.2 Å². The number of nitrogens with zero attached hydrogens (tertiary/aromatic N) is 2. The Balaban J connectivity index is 2.49. The number of hydrogen-bond acceptors (Lipinski definition) is 4. The van der Waals surface area contributed by atoms with Crippen LogP contribution in [0.1, 0.15) is 30.9 Å². The molecule has 0 aromatic heterocycles. The monoisotopic (exact) mass is 307 g/mol. The van der Waals surface area contributed by atoms with Gasteiger partial charge < -0.3 is 5.73 Å². The number of nitriles is 1. The van der Waals surface area contributed by atoms with Crippen molar-refractivity contribution in [3.63, 3.8) is 0 Å². The van der Waals surface area contributed by atoms with Crippen molar-refractivity contribution in [3.8, 4) is 6.07 Å². The minimum absolute atomic E-state index is 0.172. The van der Waals surface area contributed by atoms with Crippen LogP contribution in [0.5, 0.6) is 0 Å². The molecule has 1 aromatic carbocycles. The summed E-state index contributed by atoms with van der Waals surface area (Å²) in [5.74, 6) is 0.248. The Labute approximate surface area is 126 Å². The van der Waals surface area contributed by atoms with E-state index in [1.807, 2.05) is 13.0 Å². The molecule has 2 unspecified atom stereocenters. The summed E-state index contributed by atoms with van der Waals surface area (Å²) in [6, 6.07) is 6.59. The minimum Gasteiger partial charge on any atom is -0.329 e. The first-order valence-corrected chi connectivity index (χ1v) is 8.58. The van der Waals surface area contributed by atoms with Gasteiger partial charge in [0.2, 0.25) is 10.0 Å². The lowest BCUT2D eigenvalue weighted by Crippen LogP contribution is -2.51. The summed E-state index contributed by atoms with van der Waals surface area (Å²) < 4.78 is 27.4. The average molecular weight is 307 g/mol. The number of nitrogens with two attached hydrogens (primary N) is 1. The van der Waals surface area contributed by atoms with Crippen LogP contribution < -0.4 is 5.73 Å². The predicted molar refractivity (Wildman–Crippen MR) is 81.0 cm³/mol. The molecule has 6 heteroatoms. The van der Waals surface area contributed by atoms with Crippen LogP contribution in [0, 0.1) is 24.2 Å². The van der Waals surface area contributed by atoms with Crippen molar-refractivity contribution in [2.45, 2.75) is 37.6 Å². The smallest absolute Gasteiger partial charge is 0.243 e. The number of aryl methyl sites for hydroxylation is 1. The van der Waals surface area contributed by atoms with Gasteiger partial charge in [-0.25, -0.2) is 8.42 Å². The predicted octanol–water partition coefficient (Wildman–Crippen LogP) is 1.61. The van der Waals surface area contributed by atoms with Crippen molar-refractivity contribution in [3.05, 3.63) is 29.3 Å². The fourth-order valence-corrected chi connectivity index (χ4v) is 4.96. The number of benzene rings is 1. The molecule has 1 fully saturated rings. The van der Waals surface area contributed by atoms with Gasteiger partial charge in [0.25, 0.3) is 0 Å². The van der Waals surface area contributed by atoms with E-state index in [0.717, 1.165) is 12.8 Å². The van der Waals surface area contributed by atoms with Crippen molar-refractivity contribution in [2.24, 2.45) is 11.7 Å². The van der Waals surface area contributed by atoms with E-state index in [1.54, 1.807) is 19.1 Å². The Hall–Kier alpha value is -1.42. The number of sulfonamides is 1. The third kappa shape index (κ3) is 2.95. The Morgan fingerprint density at radius 2 is 2.19 bits per heavy atom. The van der Waals surface area contributed by atoms with Crippen LogP contribution >= 0.6 is 0 Å². The molecule has 1 heterocycles. The number of rotatable bonds is 3. The van der Waals surface area contributed by atoms with Crippen molar-refractivity contribution < 1.29 is 8.42 Å². The van der Waals surface area contributed by atoms with Crippen LogP contribution in [0.15, 0.2) is 23.1 Å². The summed E-state index contributed by atoms with van der Waals surface area (Å²) in [6.45, 7) is 4.60. The lowest BCUT2D eigenvalue weighted by Gasteiger charge is -2.38. The molecule has 5 nitrogen and oxygen atoms in total. The Morgan fingerprint density at radius 1 is 1.48 bits per heavy atom. The Bertz CT molecular complexity index is 664. The van der Waals surface area contributed by atoms with Gasteiger partial charge in [0.15, 0.2) is 0 Å². The second-order valence-corrected chi connectivity index (χ2v) is 7.49. The highest BCUT2D eigenvalue weighted by atomic mass is 32.2. The minimum atomic E-state index is -3.62. The largest absolute Gasteiger partial charge is 0.329 e. The molecule has 0 bridgehead atoms. The maximum Gasteiger partial charge on any atom is 0.243 e. The van der Waals surface area contributed by atoms with E-state index < -0.39 is 10.0 Å². The zero-order chi connectivity index (χ0) is 15.6. The maximum atomic E-state index is 13.0. The van der Waals surface area contributed by atoms with E-state index in [2.05, 4.69) is 0 Å². The van der Waals surface area contributed by atoms with Crippen LogP contribution in [-0.2, 0) is 10.0 Å². The molecule has 2 N–H and O–H groups in total. The molecular formula is C15H21N3O2S. The highest BCUT2D eigenvalue weighted by Gasteiger charge is 2.37. The van der Waals surface area contributed by atoms with Crippen LogP contribution in [-0.4, -0.2) is 31.9 Å². The quantitative estimate of drug-likeness (QED) is 0.919. The van der Waals surface area contributed by atoms with Crippen molar-refractivity contribution in [1.82, 2.24) is 4.31 Å². The van der Waals surface area contributed by atoms with Gasteiger partial charge in [0, 0.05) is 19.1 Å². The van der Waals surface area contributed by atoms with E-state index in [9.17, 15) is 8.42 Å². The second-order valence-electron chi connectivity index (χ2n) is 5.63. The summed E-state index contributed by atoms with van der Waals surface area (Å²) in [5, 5.41) is 8.99. The van der Waals surface area contributed by atoms with E-state index in [0.29, 0.717) is 24.2 Å². The van der Waals surface area contributed by atoms with Gasteiger partial charge in [-0.15, -0.1) is 0 Å². The molecule has 21 heavy (non-hydrogen) atoms. The third-order valence-corrected chi connectivity index (χ3v) is 6.28. The van der Waals surface area contributed by atoms with Gasteiger partial charge in [0.1, 0.15) is 0 Å². The molecule has 1 aromatic rings. The number of piperidine rings is 1. The van der Waals surface area contributed by atoms with Crippen molar-refractivity contribution in [2.75, 3.05) is 13.1 Å². The van der Waals surface area contributed by atoms with Crippen LogP contribution in [0.2, 0.25) is 0 Å². The summed E-state index contributed by atoms with van der Waals surface area (Å²) in [6.07, 6.45) is 1.83. The third-order valence-electron chi connectivity index (χ3n) is 4.21. The van der Waals surface area contributed by atoms with E-state index in [-0.39, 0.29) is 16.9 Å². The van der Waals surface area contributed by atoms with Gasteiger partial charge >= 0.3 is 0 Å². The molecule has 0 amide bonds. The van der Waals surface area contributed by atoms with Crippen molar-refractivity contribution in [1.29, 1.82) is 5.26 Å². The van der Waals surface area contributed by atoms with Gasteiger partial charge in [-0.2, -0.15) is 9.57 Å². The fraction of sp³-hybridized carbons (Fsp3) is 0.533. The van der Waals surface area contributed by atoms with E-state index in [4.69, 9.17) is 11.0 Å². The molecule has 1 aliphatic heterocycles. The first-order valence-electron chi connectivity index (χ1n) is 7.14. The highest BCUT2D eigenvalue weighted by molar-refractivity contribution is 7.89. The normalized spacial score (nSPS) is 23.7. The first-order chi connectivity index (χ1) is 9.91. The van der Waals surface area contributed by atoms with E-state index >= 15 is 0 Å². The number of hydrogen-bond donors (Lipinski definition) is 1. The molecule has 0 saturated carbocycles. The zero-order valence-electron chi connectivity index (χ0n) is 12.4. The SMILES string of the molecule is Cc1ccc(C#N)cc1S(=O)(=O)N1CCCC(C)C1CN. The highest BCUT2D eigenvalue weighted by Crippen LogP contribution is 2.30. The van der Waals surface area contributed by atoms with Crippen LogP contribution in [0.3, 0.4) is 0 Å². The van der Waals surface area contributed by atoms with Crippen LogP contribution in [0.4, 0.5) is 0 Å². The maximum absolute atomic E-state index is 13.0. The van der Waals surface area contributed by atoms with Gasteiger partial charge in [0.05, 0.1) is 16.5 Å². The summed E-state index contributed by atoms with van der Waals surface area (Å²) in [7, 11) is -3.62. The molecule has 0 aliphatic carbocycles. The van der Waals surface area contributed by atoms with Crippen molar-refractivity contribution >= 4 is 10.0 Å². The standard InChI is InChI=1S/C15H21N3O2S/c1-11-4-3-7-18(14(11)10-17)21(19,20)15-8-13(9-16)6-5-12(15)2/h5-6,8,11,14H,3-4,7,10,17H2,1-2H3.